The minimum atomic E-state index is -0.417. The first-order valence-corrected chi connectivity index (χ1v) is 23.6. The molecule has 0 spiro atoms. The first kappa shape index (κ1) is 51.2. The Balaban J connectivity index is 0.000000310. The summed E-state index contributed by atoms with van der Waals surface area (Å²) < 4.78 is 9.89. The van der Waals surface area contributed by atoms with Crippen molar-refractivity contribution in [2.24, 2.45) is 23.7 Å². The van der Waals surface area contributed by atoms with Gasteiger partial charge < -0.3 is 24.8 Å². The Morgan fingerprint density at radius 2 is 1.19 bits per heavy atom. The van der Waals surface area contributed by atoms with Crippen LogP contribution in [0.4, 0.5) is 0 Å². The number of aryl methyl sites for hydroxylation is 1. The number of ether oxygens (including phenoxy) is 2. The number of carbonyl (C=O) groups excluding carboxylic acids is 2. The smallest absolute Gasteiger partial charge is 0.305 e. The Hall–Kier alpha value is -1.17. The number of hydrogen-bond acceptors (Lipinski definition) is 8. The van der Waals surface area contributed by atoms with E-state index in [-0.39, 0.29) is 65.7 Å². The van der Waals surface area contributed by atoms with Crippen LogP contribution in [0.25, 0.3) is 0 Å². The average Bonchev–Trinajstić information content (AvgIpc) is 3.59. The lowest BCUT2D eigenvalue weighted by Gasteiger charge is -2.22. The van der Waals surface area contributed by atoms with E-state index in [2.05, 4.69) is 24.3 Å². The molecule has 4 rings (SSSR count). The van der Waals surface area contributed by atoms with Gasteiger partial charge in [-0.3, -0.25) is 9.59 Å². The lowest BCUT2D eigenvalue weighted by atomic mass is 9.86. The molecule has 2 fully saturated rings. The number of aliphatic hydroxyl groups is 3. The zero-order chi connectivity index (χ0) is 42.5. The summed E-state index contributed by atoms with van der Waals surface area (Å²) in [5.74, 6) is 1.02. The van der Waals surface area contributed by atoms with Gasteiger partial charge in [0.2, 0.25) is 0 Å². The topological polar surface area (TPSA) is 113 Å². The summed E-state index contributed by atoms with van der Waals surface area (Å²) in [5, 5.41) is 31.9. The second kappa shape index (κ2) is 28.4. The molecule has 0 heterocycles. The van der Waals surface area contributed by atoms with Crippen molar-refractivity contribution in [3.05, 3.63) is 86.4 Å². The van der Waals surface area contributed by atoms with Crippen LogP contribution in [0.3, 0.4) is 0 Å². The molecule has 2 aliphatic rings. The van der Waals surface area contributed by atoms with Crippen LogP contribution in [-0.4, -0.2) is 75.8 Å². The monoisotopic (exact) mass is 940 g/mol. The number of carbonyl (C=O) groups is 2. The van der Waals surface area contributed by atoms with Crippen LogP contribution in [0.2, 0.25) is 20.1 Å². The van der Waals surface area contributed by atoms with Gasteiger partial charge in [-0.2, -0.15) is 0 Å². The molecule has 0 saturated heterocycles. The van der Waals surface area contributed by atoms with Crippen LogP contribution in [0, 0.1) is 23.7 Å². The third-order valence-electron chi connectivity index (χ3n) is 10.4. The lowest BCUT2D eigenvalue weighted by molar-refractivity contribution is -0.145. The molecule has 0 aliphatic heterocycles. The van der Waals surface area contributed by atoms with Gasteiger partial charge >= 0.3 is 11.9 Å². The molecule has 324 valence electrons. The summed E-state index contributed by atoms with van der Waals surface area (Å²) in [4.78, 5) is 23.8. The first-order chi connectivity index (χ1) is 27.8. The number of rotatable bonds is 22. The fourth-order valence-electron chi connectivity index (χ4n) is 7.44. The van der Waals surface area contributed by atoms with Crippen molar-refractivity contribution in [3.8, 4) is 0 Å². The number of unbranched alkanes of at least 4 members (excludes halogenated alkanes) is 2. The Morgan fingerprint density at radius 1 is 0.707 bits per heavy atom. The van der Waals surface area contributed by atoms with Crippen LogP contribution >= 0.6 is 81.4 Å². The van der Waals surface area contributed by atoms with E-state index in [9.17, 15) is 19.8 Å². The highest BCUT2D eigenvalue weighted by Crippen LogP contribution is 2.43. The van der Waals surface area contributed by atoms with E-state index in [1.165, 1.54) is 0 Å². The zero-order valence-corrected chi connectivity index (χ0v) is 38.4. The third-order valence-corrected chi connectivity index (χ3v) is 13.4. The van der Waals surface area contributed by atoms with Gasteiger partial charge in [-0.05, 0) is 136 Å². The molecule has 0 amide bonds. The molecule has 2 aromatic rings. The van der Waals surface area contributed by atoms with E-state index in [0.717, 1.165) is 67.6 Å². The Morgan fingerprint density at radius 3 is 1.71 bits per heavy atom. The molecular weight excluding hydrogens is 885 g/mol. The van der Waals surface area contributed by atoms with Crippen molar-refractivity contribution in [2.45, 2.75) is 118 Å². The molecule has 0 unspecified atom stereocenters. The predicted molar refractivity (Wildman–Crippen MR) is 241 cm³/mol. The highest BCUT2D eigenvalue weighted by molar-refractivity contribution is 7.99. The van der Waals surface area contributed by atoms with Crippen LogP contribution < -0.4 is 0 Å². The molecule has 3 N–H and O–H groups in total. The number of alkyl halides is 2. The second-order valence-corrected chi connectivity index (χ2v) is 18.8. The molecule has 2 aliphatic carbocycles. The van der Waals surface area contributed by atoms with Gasteiger partial charge in [-0.15, -0.1) is 35.0 Å². The molecule has 0 bridgehead atoms. The van der Waals surface area contributed by atoms with Gasteiger partial charge in [0.15, 0.2) is 0 Å². The maximum absolute atomic E-state index is 11.5. The van der Waals surface area contributed by atoms with Crippen LogP contribution in [0.1, 0.15) is 89.5 Å². The summed E-state index contributed by atoms with van der Waals surface area (Å²) in [7, 11) is 0. The lowest BCUT2D eigenvalue weighted by Crippen LogP contribution is -2.22. The van der Waals surface area contributed by atoms with E-state index < -0.39 is 6.10 Å². The number of esters is 2. The zero-order valence-electron chi connectivity index (χ0n) is 33.1. The van der Waals surface area contributed by atoms with E-state index in [1.54, 1.807) is 23.9 Å². The first-order valence-electron chi connectivity index (χ1n) is 20.2. The summed E-state index contributed by atoms with van der Waals surface area (Å²) >= 11 is 39.0. The quantitative estimate of drug-likeness (QED) is 0.0352. The maximum Gasteiger partial charge on any atom is 0.305 e. The van der Waals surface area contributed by atoms with Crippen molar-refractivity contribution in [1.82, 2.24) is 0 Å². The number of allylic oxidation sites excluding steroid dienone is 4. The normalized spacial score (nSPS) is 24.3. The predicted octanol–water partition coefficient (Wildman–Crippen LogP) is 11.9. The molecule has 2 aromatic carbocycles. The van der Waals surface area contributed by atoms with E-state index >= 15 is 0 Å². The fourth-order valence-corrected chi connectivity index (χ4v) is 10.9. The van der Waals surface area contributed by atoms with E-state index in [4.69, 9.17) is 84.2 Å². The number of benzene rings is 2. The van der Waals surface area contributed by atoms with Crippen molar-refractivity contribution in [1.29, 1.82) is 0 Å². The second-order valence-electron chi connectivity index (χ2n) is 14.9. The van der Waals surface area contributed by atoms with Gasteiger partial charge in [0.1, 0.15) is 6.61 Å². The third kappa shape index (κ3) is 19.3. The molecule has 14 heteroatoms. The fraction of sp³-hybridized carbons (Fsp3) is 0.591. The molecule has 2 saturated carbocycles. The van der Waals surface area contributed by atoms with Gasteiger partial charge in [0.25, 0.3) is 0 Å². The summed E-state index contributed by atoms with van der Waals surface area (Å²) in [6.45, 7) is 2.38. The van der Waals surface area contributed by atoms with Gasteiger partial charge in [-0.1, -0.05) is 77.6 Å². The molecule has 0 radical (unpaired) electrons. The van der Waals surface area contributed by atoms with E-state index in [0.29, 0.717) is 58.8 Å². The van der Waals surface area contributed by atoms with Crippen LogP contribution in [-0.2, 0) is 25.5 Å². The summed E-state index contributed by atoms with van der Waals surface area (Å²) in [6, 6.07) is 11.0. The Labute approximate surface area is 379 Å². The molecular formula is C44H58Cl6O7S. The van der Waals surface area contributed by atoms with Crippen molar-refractivity contribution in [2.75, 3.05) is 25.6 Å². The Bertz CT molecular complexity index is 1440. The maximum atomic E-state index is 11.5. The van der Waals surface area contributed by atoms with Crippen molar-refractivity contribution in [3.63, 3.8) is 0 Å². The van der Waals surface area contributed by atoms with Gasteiger partial charge in [0.05, 0.1) is 25.4 Å². The number of halogens is 6. The summed E-state index contributed by atoms with van der Waals surface area (Å²) in [5.41, 5.74) is 1.08. The highest BCUT2D eigenvalue weighted by Gasteiger charge is 2.41. The van der Waals surface area contributed by atoms with Crippen molar-refractivity contribution < 1.29 is 34.4 Å². The SMILES string of the molecule is CCCOC(=O)CCC/C=C\C[C@@H]1[C@@H](CCc2cc(Cl)cc(Cl)c2)[C@H](O)C[C@H]1Cl.O=C(CCC/C=C\C[C@@H]1[C@@H](CSc2cc(Cl)cc(Cl)c2)[C@H](O)C[C@H]1Cl)OCCO. The average molecular weight is 944 g/mol. The molecule has 7 nitrogen and oxygen atoms in total. The van der Waals surface area contributed by atoms with Gasteiger partial charge in [-0.25, -0.2) is 0 Å². The standard InChI is InChI=1S/C23H31Cl3O3.C21H27Cl3O4S/c1-2-11-29-23(28)8-6-4-3-5-7-19-20(22(27)15-21(19)26)10-9-16-12-17(24)14-18(25)13-16;22-14-9-15(23)11-16(10-14)29-13-18-17(19(24)12-20(18)26)5-3-1-2-4-6-21(27)28-8-7-25/h3,5,12-14,19-22,27H,2,4,6-11,15H2,1H3;1,3,9-11,17-20,25-26H,2,4-8,12-13H2/b5-3-;3-1-/t19-,20-,21-,22-;17-,18-,19-,20-/m11/s1. The Kier molecular flexibility index (Phi) is 25.1. The molecule has 8 atom stereocenters. The largest absolute Gasteiger partial charge is 0.466 e. The van der Waals surface area contributed by atoms with Crippen LogP contribution in [0.5, 0.6) is 0 Å². The molecule has 58 heavy (non-hydrogen) atoms. The molecule has 0 aromatic heterocycles. The number of thioether (sulfide) groups is 1. The van der Waals surface area contributed by atoms with Crippen molar-refractivity contribution >= 4 is 93.3 Å². The van der Waals surface area contributed by atoms with E-state index in [1.807, 2.05) is 31.2 Å². The minimum absolute atomic E-state index is 0.0216. The van der Waals surface area contributed by atoms with Crippen LogP contribution in [0.15, 0.2) is 65.6 Å². The number of hydrogen-bond donors (Lipinski definition) is 3. The summed E-state index contributed by atoms with van der Waals surface area (Å²) in [6.07, 6.45) is 16.9. The highest BCUT2D eigenvalue weighted by atomic mass is 35.5. The number of aliphatic hydroxyl groups excluding tert-OH is 3. The minimum Gasteiger partial charge on any atom is -0.466 e. The van der Waals surface area contributed by atoms with Gasteiger partial charge in [0, 0.05) is 54.3 Å².